The van der Waals surface area contributed by atoms with Crippen molar-refractivity contribution in [3.05, 3.63) is 48.0 Å². The van der Waals surface area contributed by atoms with Gasteiger partial charge in [-0.05, 0) is 19.8 Å². The minimum Gasteiger partial charge on any atom is -0.479 e. The van der Waals surface area contributed by atoms with Gasteiger partial charge in [0.25, 0.3) is 0 Å². The van der Waals surface area contributed by atoms with Gasteiger partial charge < -0.3 is 24.7 Å². The molecular weight excluding hydrogens is 398 g/mol. The van der Waals surface area contributed by atoms with E-state index in [2.05, 4.69) is 0 Å². The zero-order valence-electron chi connectivity index (χ0n) is 17.1. The van der Waals surface area contributed by atoms with Gasteiger partial charge in [-0.2, -0.15) is 8.78 Å². The molecule has 2 amide bonds. The highest BCUT2D eigenvalue weighted by molar-refractivity contribution is 5.77. The van der Waals surface area contributed by atoms with Crippen LogP contribution in [0.4, 0.5) is 13.6 Å². The standard InChI is InChI=1S/C21H28F2N2O5/c1-15(19(27)28)30-13-7-6-12-25-17(14-24(2)20(25)29)10-11-18(26)21(22,23)16-8-4-3-5-9-16/h3-5,8-11,15,17-18,26H,6-7,12-14H2,1-2H3,(H,27,28)/t15?,17-,18?/m0/s1. The van der Waals surface area contributed by atoms with E-state index in [0.29, 0.717) is 25.9 Å². The molecule has 1 saturated heterocycles. The first-order valence-electron chi connectivity index (χ1n) is 9.80. The third-order valence-electron chi connectivity index (χ3n) is 4.99. The van der Waals surface area contributed by atoms with Gasteiger partial charge in [-0.15, -0.1) is 0 Å². The van der Waals surface area contributed by atoms with Crippen LogP contribution >= 0.6 is 0 Å². The molecule has 166 valence electrons. The first kappa shape index (κ1) is 23.8. The molecule has 3 atom stereocenters. The van der Waals surface area contributed by atoms with Gasteiger partial charge in [-0.1, -0.05) is 42.5 Å². The molecular formula is C21H28F2N2O5. The number of benzene rings is 1. The highest BCUT2D eigenvalue weighted by Crippen LogP contribution is 2.32. The number of urea groups is 1. The van der Waals surface area contributed by atoms with E-state index < -0.39 is 30.1 Å². The number of aliphatic hydroxyl groups excluding tert-OH is 1. The molecule has 9 heteroatoms. The van der Waals surface area contributed by atoms with Crippen molar-refractivity contribution in [2.45, 2.75) is 43.9 Å². The lowest BCUT2D eigenvalue weighted by Gasteiger charge is -2.23. The normalized spacial score (nSPS) is 19.5. The summed E-state index contributed by atoms with van der Waals surface area (Å²) < 4.78 is 34.0. The maximum Gasteiger partial charge on any atom is 0.332 e. The van der Waals surface area contributed by atoms with Crippen LogP contribution in [-0.2, 0) is 15.5 Å². The molecule has 2 rings (SSSR count). The number of rotatable bonds is 11. The second-order valence-corrected chi connectivity index (χ2v) is 7.30. The van der Waals surface area contributed by atoms with Gasteiger partial charge in [-0.3, -0.25) is 0 Å². The Morgan fingerprint density at radius 3 is 2.63 bits per heavy atom. The second kappa shape index (κ2) is 10.5. The molecule has 0 saturated carbocycles. The number of carboxylic acid groups (broad SMARTS) is 1. The molecule has 0 aromatic heterocycles. The summed E-state index contributed by atoms with van der Waals surface area (Å²) >= 11 is 0. The Morgan fingerprint density at radius 2 is 2.00 bits per heavy atom. The molecule has 0 aliphatic carbocycles. The van der Waals surface area contributed by atoms with E-state index in [0.717, 1.165) is 6.08 Å². The quantitative estimate of drug-likeness (QED) is 0.420. The van der Waals surface area contributed by atoms with Crippen LogP contribution in [0.15, 0.2) is 42.5 Å². The number of alkyl halides is 2. The van der Waals surface area contributed by atoms with Gasteiger partial charge in [0.1, 0.15) is 6.10 Å². The smallest absolute Gasteiger partial charge is 0.332 e. The molecule has 1 aliphatic rings. The zero-order valence-corrected chi connectivity index (χ0v) is 17.1. The number of hydrogen-bond acceptors (Lipinski definition) is 4. The Bertz CT molecular complexity index is 744. The summed E-state index contributed by atoms with van der Waals surface area (Å²) in [5, 5.41) is 18.8. The molecule has 1 aromatic rings. The van der Waals surface area contributed by atoms with Gasteiger partial charge >= 0.3 is 17.9 Å². The van der Waals surface area contributed by atoms with E-state index in [1.54, 1.807) is 18.0 Å². The Balaban J connectivity index is 1.92. The van der Waals surface area contributed by atoms with Crippen molar-refractivity contribution < 1.29 is 33.3 Å². The van der Waals surface area contributed by atoms with Crippen LogP contribution in [0, 0.1) is 0 Å². The number of unbranched alkanes of at least 4 members (excludes halogenated alkanes) is 1. The second-order valence-electron chi connectivity index (χ2n) is 7.30. The summed E-state index contributed by atoms with van der Waals surface area (Å²) in [5.41, 5.74) is -0.283. The predicted octanol–water partition coefficient (Wildman–Crippen LogP) is 2.70. The number of likely N-dealkylation sites (N-methyl/N-ethyl adjacent to an activating group) is 1. The molecule has 7 nitrogen and oxygen atoms in total. The van der Waals surface area contributed by atoms with E-state index >= 15 is 0 Å². The van der Waals surface area contributed by atoms with Gasteiger partial charge in [0.15, 0.2) is 6.10 Å². The van der Waals surface area contributed by atoms with Gasteiger partial charge in [-0.25, -0.2) is 9.59 Å². The van der Waals surface area contributed by atoms with E-state index in [9.17, 15) is 23.5 Å². The van der Waals surface area contributed by atoms with E-state index in [-0.39, 0.29) is 18.2 Å². The number of carboxylic acids is 1. The van der Waals surface area contributed by atoms with E-state index in [1.165, 1.54) is 42.2 Å². The monoisotopic (exact) mass is 426 g/mol. The van der Waals surface area contributed by atoms with Crippen molar-refractivity contribution in [2.75, 3.05) is 26.7 Å². The lowest BCUT2D eigenvalue weighted by Crippen LogP contribution is -2.35. The lowest BCUT2D eigenvalue weighted by molar-refractivity contribution is -0.149. The fourth-order valence-corrected chi connectivity index (χ4v) is 3.15. The number of carbonyl (C=O) groups is 2. The third-order valence-corrected chi connectivity index (χ3v) is 4.99. The number of hydrogen-bond donors (Lipinski definition) is 2. The van der Waals surface area contributed by atoms with E-state index in [1.807, 2.05) is 0 Å². The highest BCUT2D eigenvalue weighted by atomic mass is 19.3. The molecule has 1 aromatic carbocycles. The molecule has 1 fully saturated rings. The zero-order chi connectivity index (χ0) is 22.3. The van der Waals surface area contributed by atoms with Crippen LogP contribution in [0.2, 0.25) is 0 Å². The van der Waals surface area contributed by atoms with Crippen molar-refractivity contribution in [1.29, 1.82) is 0 Å². The summed E-state index contributed by atoms with van der Waals surface area (Å²) in [6, 6.07) is 6.41. The summed E-state index contributed by atoms with van der Waals surface area (Å²) in [4.78, 5) is 26.1. The lowest BCUT2D eigenvalue weighted by atomic mass is 10.0. The predicted molar refractivity (Wildman–Crippen MR) is 106 cm³/mol. The number of ether oxygens (including phenoxy) is 1. The average Bonchev–Trinajstić information content (AvgIpc) is 2.99. The molecule has 2 unspecified atom stereocenters. The molecule has 1 aliphatic heterocycles. The first-order chi connectivity index (χ1) is 14.1. The van der Waals surface area contributed by atoms with Crippen molar-refractivity contribution in [3.8, 4) is 0 Å². The summed E-state index contributed by atoms with van der Waals surface area (Å²) in [7, 11) is 1.62. The fraction of sp³-hybridized carbons (Fsp3) is 0.524. The number of nitrogens with zero attached hydrogens (tertiary/aromatic N) is 2. The number of amides is 2. The summed E-state index contributed by atoms with van der Waals surface area (Å²) in [6.45, 7) is 2.38. The SMILES string of the molecule is CC(OCCCCN1C(=O)N(C)C[C@@H]1C=CC(O)C(F)(F)c1ccccc1)C(=O)O. The number of carbonyl (C=O) groups excluding carboxylic acids is 1. The summed E-state index contributed by atoms with van der Waals surface area (Å²) in [5.74, 6) is -4.49. The average molecular weight is 426 g/mol. The number of aliphatic hydroxyl groups is 1. The molecule has 0 spiro atoms. The Morgan fingerprint density at radius 1 is 1.33 bits per heavy atom. The van der Waals surface area contributed by atoms with Crippen LogP contribution in [0.1, 0.15) is 25.3 Å². The van der Waals surface area contributed by atoms with Crippen molar-refractivity contribution in [1.82, 2.24) is 9.80 Å². The summed E-state index contributed by atoms with van der Waals surface area (Å²) in [6.07, 6.45) is 0.678. The van der Waals surface area contributed by atoms with Crippen molar-refractivity contribution in [2.24, 2.45) is 0 Å². The van der Waals surface area contributed by atoms with Gasteiger partial charge in [0, 0.05) is 32.3 Å². The molecule has 0 bridgehead atoms. The van der Waals surface area contributed by atoms with Gasteiger partial charge in [0.2, 0.25) is 0 Å². The number of halogens is 2. The van der Waals surface area contributed by atoms with Crippen molar-refractivity contribution in [3.63, 3.8) is 0 Å². The largest absolute Gasteiger partial charge is 0.479 e. The molecule has 30 heavy (non-hydrogen) atoms. The third kappa shape index (κ3) is 5.99. The molecule has 1 heterocycles. The molecule has 0 radical (unpaired) electrons. The fourth-order valence-electron chi connectivity index (χ4n) is 3.15. The molecule has 2 N–H and O–H groups in total. The van der Waals surface area contributed by atoms with Crippen LogP contribution in [0.3, 0.4) is 0 Å². The maximum absolute atomic E-state index is 14.4. The maximum atomic E-state index is 14.4. The Kier molecular flexibility index (Phi) is 8.31. The Hall–Kier alpha value is -2.52. The minimum absolute atomic E-state index is 0.228. The van der Waals surface area contributed by atoms with Crippen LogP contribution in [0.25, 0.3) is 0 Å². The minimum atomic E-state index is -3.45. The Labute approximate surface area is 174 Å². The number of aliphatic carboxylic acids is 1. The van der Waals surface area contributed by atoms with E-state index in [4.69, 9.17) is 9.84 Å². The first-order valence-corrected chi connectivity index (χ1v) is 9.80. The highest BCUT2D eigenvalue weighted by Gasteiger charge is 2.39. The van der Waals surface area contributed by atoms with Crippen LogP contribution in [-0.4, -0.2) is 77.0 Å². The topological polar surface area (TPSA) is 90.3 Å². The van der Waals surface area contributed by atoms with Crippen LogP contribution < -0.4 is 0 Å². The van der Waals surface area contributed by atoms with Crippen LogP contribution in [0.5, 0.6) is 0 Å². The van der Waals surface area contributed by atoms with Crippen molar-refractivity contribution >= 4 is 12.0 Å². The van der Waals surface area contributed by atoms with Gasteiger partial charge in [0.05, 0.1) is 6.04 Å².